The molecule has 28 heavy (non-hydrogen) atoms. The quantitative estimate of drug-likeness (QED) is 0.251. The Morgan fingerprint density at radius 3 is 1.89 bits per heavy atom. The molecule has 0 spiro atoms. The maximum absolute atomic E-state index is 12.5. The molecule has 0 aliphatic carbocycles. The fraction of sp³-hybridized carbons (Fsp3) is 0.480. The Morgan fingerprint density at radius 1 is 0.750 bits per heavy atom. The first-order valence-electron chi connectivity index (χ1n) is 11.2. The van der Waals surface area contributed by atoms with Gasteiger partial charge in [0.25, 0.3) is 0 Å². The zero-order chi connectivity index (χ0) is 20.0. The van der Waals surface area contributed by atoms with Crippen LogP contribution in [0, 0.1) is 0 Å². The molecule has 1 heterocycles. The second kappa shape index (κ2) is 9.95. The van der Waals surface area contributed by atoms with Crippen LogP contribution in [0.25, 0.3) is 21.7 Å². The van der Waals surface area contributed by atoms with E-state index in [1.165, 1.54) is 57.2 Å². The van der Waals surface area contributed by atoms with Crippen LogP contribution in [-0.4, -0.2) is 23.4 Å². The second-order valence-electron chi connectivity index (χ2n) is 8.35. The number of hydrogen-bond acceptors (Lipinski definition) is 1. The summed E-state index contributed by atoms with van der Waals surface area (Å²) in [5.41, 5.74) is 1.00. The van der Waals surface area contributed by atoms with Crippen molar-refractivity contribution in [1.29, 1.82) is 0 Å². The molecular formula is C25H35NOSn. The Hall–Kier alpha value is -1.29. The van der Waals surface area contributed by atoms with Crippen LogP contribution in [0.4, 0.5) is 0 Å². The summed E-state index contributed by atoms with van der Waals surface area (Å²) in [6.45, 7) is 6.98. The molecule has 0 fully saturated rings. The SMILES string of the molecule is CCC[CH2][Sn]([CH2]CCC)([CH2]CCC)[c]1ccc2[nH]c(=O)c3ccccc3c2c1. The fourth-order valence-electron chi connectivity index (χ4n) is 4.67. The number of unbranched alkanes of at least 4 members (excludes halogenated alkanes) is 3. The van der Waals surface area contributed by atoms with Crippen molar-refractivity contribution >= 4 is 43.6 Å². The van der Waals surface area contributed by atoms with E-state index >= 15 is 0 Å². The molecule has 1 N–H and O–H groups in total. The van der Waals surface area contributed by atoms with Gasteiger partial charge in [-0.2, -0.15) is 0 Å². The number of rotatable bonds is 10. The fourth-order valence-corrected chi connectivity index (χ4v) is 20.6. The predicted octanol–water partition coefficient (Wildman–Crippen LogP) is 6.74. The van der Waals surface area contributed by atoms with E-state index in [0.717, 1.165) is 16.3 Å². The van der Waals surface area contributed by atoms with Crippen molar-refractivity contribution in [2.45, 2.75) is 72.6 Å². The third-order valence-corrected chi connectivity index (χ3v) is 22.0. The Morgan fingerprint density at radius 2 is 1.32 bits per heavy atom. The number of nitrogens with one attached hydrogen (secondary N) is 1. The Balaban J connectivity index is 2.18. The molecule has 150 valence electrons. The van der Waals surface area contributed by atoms with Crippen LogP contribution in [0.3, 0.4) is 0 Å². The number of benzene rings is 2. The second-order valence-corrected chi connectivity index (χ2v) is 21.6. The average molecular weight is 484 g/mol. The molecule has 0 bridgehead atoms. The molecule has 0 amide bonds. The van der Waals surface area contributed by atoms with E-state index in [4.69, 9.17) is 0 Å². The molecule has 0 aliphatic rings. The minimum atomic E-state index is -2.47. The molecule has 2 aromatic carbocycles. The van der Waals surface area contributed by atoms with Gasteiger partial charge in [-0.05, 0) is 0 Å². The van der Waals surface area contributed by atoms with E-state index in [-0.39, 0.29) is 5.56 Å². The normalized spacial score (nSPS) is 12.1. The van der Waals surface area contributed by atoms with E-state index in [1.807, 2.05) is 12.1 Å². The average Bonchev–Trinajstić information content (AvgIpc) is 2.73. The molecule has 0 saturated carbocycles. The number of pyridine rings is 1. The first kappa shape index (κ1) is 21.4. The topological polar surface area (TPSA) is 32.9 Å². The number of hydrogen-bond donors (Lipinski definition) is 1. The van der Waals surface area contributed by atoms with Crippen molar-refractivity contribution < 1.29 is 0 Å². The summed E-state index contributed by atoms with van der Waals surface area (Å²) in [6.07, 6.45) is 7.98. The van der Waals surface area contributed by atoms with Crippen molar-refractivity contribution in [2.24, 2.45) is 0 Å². The van der Waals surface area contributed by atoms with E-state index in [9.17, 15) is 4.79 Å². The first-order valence-corrected chi connectivity index (χ1v) is 18.7. The summed E-state index contributed by atoms with van der Waals surface area (Å²) >= 11 is -2.47. The summed E-state index contributed by atoms with van der Waals surface area (Å²) < 4.78 is 6.09. The van der Waals surface area contributed by atoms with Crippen LogP contribution in [0.5, 0.6) is 0 Å². The van der Waals surface area contributed by atoms with Crippen LogP contribution in [0.2, 0.25) is 13.3 Å². The third kappa shape index (κ3) is 4.48. The summed E-state index contributed by atoms with van der Waals surface area (Å²) in [7, 11) is 0. The molecule has 0 aliphatic heterocycles. The zero-order valence-electron chi connectivity index (χ0n) is 17.8. The van der Waals surface area contributed by atoms with E-state index < -0.39 is 18.4 Å². The Kier molecular flexibility index (Phi) is 7.61. The Bertz CT molecular complexity index is 953. The Labute approximate surface area is 173 Å². The van der Waals surface area contributed by atoms with Crippen LogP contribution in [-0.2, 0) is 0 Å². The molecule has 3 aromatic rings. The molecule has 0 saturated heterocycles. The van der Waals surface area contributed by atoms with E-state index in [1.54, 1.807) is 3.58 Å². The van der Waals surface area contributed by atoms with Crippen molar-refractivity contribution in [1.82, 2.24) is 4.98 Å². The summed E-state index contributed by atoms with van der Waals surface area (Å²) in [5.74, 6) is 0. The van der Waals surface area contributed by atoms with Crippen LogP contribution in [0.1, 0.15) is 59.3 Å². The number of aromatic amines is 1. The van der Waals surface area contributed by atoms with Gasteiger partial charge < -0.3 is 0 Å². The van der Waals surface area contributed by atoms with Crippen molar-refractivity contribution in [3.8, 4) is 0 Å². The van der Waals surface area contributed by atoms with Gasteiger partial charge in [-0.1, -0.05) is 0 Å². The van der Waals surface area contributed by atoms with Gasteiger partial charge in [0.05, 0.1) is 0 Å². The number of fused-ring (bicyclic) bond motifs is 3. The number of H-pyrrole nitrogens is 1. The first-order chi connectivity index (χ1) is 13.6. The summed E-state index contributed by atoms with van der Waals surface area (Å²) in [5, 5.41) is 3.15. The zero-order valence-corrected chi connectivity index (χ0v) is 20.7. The maximum atomic E-state index is 12.5. The molecule has 1 aromatic heterocycles. The van der Waals surface area contributed by atoms with Gasteiger partial charge in [0.1, 0.15) is 0 Å². The van der Waals surface area contributed by atoms with E-state index in [0.29, 0.717) is 0 Å². The van der Waals surface area contributed by atoms with Gasteiger partial charge in [-0.3, -0.25) is 0 Å². The third-order valence-electron chi connectivity index (χ3n) is 6.37. The monoisotopic (exact) mass is 485 g/mol. The van der Waals surface area contributed by atoms with Crippen molar-refractivity contribution in [2.75, 3.05) is 0 Å². The van der Waals surface area contributed by atoms with Gasteiger partial charge in [-0.25, -0.2) is 0 Å². The van der Waals surface area contributed by atoms with Crippen LogP contribution < -0.4 is 9.14 Å². The standard InChI is InChI=1S/C13H8NO.3C4H9.Sn/c15-13-11-7-2-1-5-9(11)10-6-3-4-8-12(10)14-13;3*1-3-4-2;/h1-2,4-8H,(H,14,15);3*1,3-4H2,2H3;. The molecule has 3 heteroatoms. The molecular weight excluding hydrogens is 449 g/mol. The molecule has 0 unspecified atom stereocenters. The molecule has 3 rings (SSSR count). The van der Waals surface area contributed by atoms with Crippen LogP contribution >= 0.6 is 0 Å². The predicted molar refractivity (Wildman–Crippen MR) is 127 cm³/mol. The van der Waals surface area contributed by atoms with Gasteiger partial charge in [-0.15, -0.1) is 0 Å². The van der Waals surface area contributed by atoms with Gasteiger partial charge >= 0.3 is 174 Å². The summed E-state index contributed by atoms with van der Waals surface area (Å²) in [6, 6.07) is 15.1. The molecule has 0 radical (unpaired) electrons. The van der Waals surface area contributed by atoms with Crippen molar-refractivity contribution in [3.63, 3.8) is 0 Å². The van der Waals surface area contributed by atoms with Crippen LogP contribution in [0.15, 0.2) is 47.3 Å². The van der Waals surface area contributed by atoms with Gasteiger partial charge in [0, 0.05) is 0 Å². The molecule has 2 nitrogen and oxygen atoms in total. The van der Waals surface area contributed by atoms with Gasteiger partial charge in [0.15, 0.2) is 0 Å². The van der Waals surface area contributed by atoms with Crippen molar-refractivity contribution in [3.05, 3.63) is 52.8 Å². The summed E-state index contributed by atoms with van der Waals surface area (Å²) in [4.78, 5) is 15.6. The molecule has 0 atom stereocenters. The minimum absolute atomic E-state index is 0.0218. The van der Waals surface area contributed by atoms with E-state index in [2.05, 4.69) is 56.1 Å². The number of aromatic nitrogens is 1. The van der Waals surface area contributed by atoms with Gasteiger partial charge in [0.2, 0.25) is 0 Å².